The summed E-state index contributed by atoms with van der Waals surface area (Å²) in [6.45, 7) is 7.52. The van der Waals surface area contributed by atoms with Crippen molar-refractivity contribution in [3.63, 3.8) is 0 Å². The zero-order chi connectivity index (χ0) is 14.0. The Hall–Kier alpha value is -0.650. The van der Waals surface area contributed by atoms with Crippen LogP contribution in [0.5, 0.6) is 0 Å². The maximum Gasteiger partial charge on any atom is 0.304 e. The van der Waals surface area contributed by atoms with Crippen LogP contribution in [0.3, 0.4) is 0 Å². The second-order valence-electron chi connectivity index (χ2n) is 5.96. The van der Waals surface area contributed by atoms with E-state index in [4.69, 9.17) is 0 Å². The molecule has 0 spiro atoms. The summed E-state index contributed by atoms with van der Waals surface area (Å²) in [6, 6.07) is 0.647. The molecule has 1 fully saturated rings. The zero-order valence-corrected chi connectivity index (χ0v) is 13.2. The van der Waals surface area contributed by atoms with Gasteiger partial charge in [0.25, 0.3) is 0 Å². The van der Waals surface area contributed by atoms with Crippen LogP contribution in [0.1, 0.15) is 43.2 Å². The molecule has 1 saturated heterocycles. The standard InChI is InChI=1S/C14H25N3OS/c1-10(2)13-12(19-14(18)15-13)9-17(4)11-5-7-16(3)8-6-11/h10-11H,5-9H2,1-4H3,(H,15,18). The van der Waals surface area contributed by atoms with E-state index in [-0.39, 0.29) is 4.87 Å². The lowest BCUT2D eigenvalue weighted by Gasteiger charge is -2.35. The Balaban J connectivity index is 2.02. The van der Waals surface area contributed by atoms with Gasteiger partial charge < -0.3 is 9.88 Å². The van der Waals surface area contributed by atoms with Crippen LogP contribution in [-0.2, 0) is 6.54 Å². The number of aromatic amines is 1. The van der Waals surface area contributed by atoms with Crippen LogP contribution < -0.4 is 4.87 Å². The van der Waals surface area contributed by atoms with Gasteiger partial charge in [-0.3, -0.25) is 9.69 Å². The Kier molecular flexibility index (Phi) is 4.81. The van der Waals surface area contributed by atoms with Crippen LogP contribution in [0.15, 0.2) is 4.79 Å². The molecule has 2 rings (SSSR count). The highest BCUT2D eigenvalue weighted by molar-refractivity contribution is 7.09. The molecule has 1 aromatic heterocycles. The van der Waals surface area contributed by atoms with E-state index >= 15 is 0 Å². The SMILES string of the molecule is CC(C)c1[nH]c(=O)sc1CN(C)C1CCN(C)CC1. The van der Waals surface area contributed by atoms with Gasteiger partial charge in [-0.2, -0.15) is 0 Å². The maximum atomic E-state index is 11.6. The fourth-order valence-electron chi connectivity index (χ4n) is 2.75. The van der Waals surface area contributed by atoms with Crippen LogP contribution in [0, 0.1) is 0 Å². The lowest BCUT2D eigenvalue weighted by molar-refractivity contribution is 0.140. The van der Waals surface area contributed by atoms with Gasteiger partial charge in [-0.1, -0.05) is 25.2 Å². The van der Waals surface area contributed by atoms with E-state index in [1.807, 2.05) is 0 Å². The first kappa shape index (κ1) is 14.8. The van der Waals surface area contributed by atoms with Crippen molar-refractivity contribution in [1.82, 2.24) is 14.8 Å². The van der Waals surface area contributed by atoms with E-state index in [2.05, 4.69) is 42.7 Å². The van der Waals surface area contributed by atoms with Crippen LogP contribution in [0.2, 0.25) is 0 Å². The molecular formula is C14H25N3OS. The lowest BCUT2D eigenvalue weighted by Crippen LogP contribution is -2.41. The number of piperidine rings is 1. The molecule has 108 valence electrons. The highest BCUT2D eigenvalue weighted by atomic mass is 32.1. The number of hydrogen-bond acceptors (Lipinski definition) is 4. The number of aromatic nitrogens is 1. The summed E-state index contributed by atoms with van der Waals surface area (Å²) in [5.74, 6) is 0.389. The topological polar surface area (TPSA) is 39.3 Å². The minimum atomic E-state index is 0.0791. The van der Waals surface area contributed by atoms with E-state index in [0.717, 1.165) is 12.2 Å². The van der Waals surface area contributed by atoms with Crippen LogP contribution in [0.4, 0.5) is 0 Å². The molecule has 5 heteroatoms. The molecule has 4 nitrogen and oxygen atoms in total. The minimum absolute atomic E-state index is 0.0791. The molecule has 0 radical (unpaired) electrons. The van der Waals surface area contributed by atoms with Crippen molar-refractivity contribution in [1.29, 1.82) is 0 Å². The Labute approximate surface area is 119 Å². The third-order valence-corrected chi connectivity index (χ3v) is 4.92. The normalized spacial score (nSPS) is 18.6. The quantitative estimate of drug-likeness (QED) is 0.919. The lowest BCUT2D eigenvalue weighted by atomic mass is 10.0. The van der Waals surface area contributed by atoms with E-state index in [0.29, 0.717) is 12.0 Å². The molecule has 1 aromatic rings. The molecule has 0 amide bonds. The summed E-state index contributed by atoms with van der Waals surface area (Å²) in [4.78, 5) is 20.6. The van der Waals surface area contributed by atoms with Crippen molar-refractivity contribution in [2.75, 3.05) is 27.2 Å². The molecule has 0 saturated carbocycles. The van der Waals surface area contributed by atoms with Gasteiger partial charge in [-0.25, -0.2) is 0 Å². The van der Waals surface area contributed by atoms with Crippen LogP contribution in [-0.4, -0.2) is 48.0 Å². The Morgan fingerprint density at radius 3 is 2.63 bits per heavy atom. The molecule has 0 bridgehead atoms. The van der Waals surface area contributed by atoms with Crippen molar-refractivity contribution in [3.8, 4) is 0 Å². The molecule has 0 aromatic carbocycles. The third kappa shape index (κ3) is 3.68. The Bertz CT molecular complexity index is 458. The van der Waals surface area contributed by atoms with Crippen molar-refractivity contribution in [3.05, 3.63) is 20.2 Å². The summed E-state index contributed by atoms with van der Waals surface area (Å²) >= 11 is 1.37. The van der Waals surface area contributed by atoms with Gasteiger partial charge in [-0.05, 0) is 45.9 Å². The third-order valence-electron chi connectivity index (χ3n) is 4.03. The number of hydrogen-bond donors (Lipinski definition) is 1. The van der Waals surface area contributed by atoms with E-state index in [1.165, 1.54) is 42.1 Å². The van der Waals surface area contributed by atoms with E-state index in [9.17, 15) is 4.79 Å². The van der Waals surface area contributed by atoms with Crippen molar-refractivity contribution >= 4 is 11.3 Å². The largest absolute Gasteiger partial charge is 0.316 e. The molecule has 1 aliphatic rings. The molecule has 2 heterocycles. The number of thiazole rings is 1. The van der Waals surface area contributed by atoms with Gasteiger partial charge >= 0.3 is 4.87 Å². The van der Waals surface area contributed by atoms with Gasteiger partial charge in [0, 0.05) is 23.2 Å². The van der Waals surface area contributed by atoms with Gasteiger partial charge in [0.2, 0.25) is 0 Å². The fraction of sp³-hybridized carbons (Fsp3) is 0.786. The predicted octanol–water partition coefficient (Wildman–Crippen LogP) is 2.09. The summed E-state index contributed by atoms with van der Waals surface area (Å²) in [5, 5.41) is 0. The van der Waals surface area contributed by atoms with Crippen LogP contribution >= 0.6 is 11.3 Å². The molecule has 0 atom stereocenters. The van der Waals surface area contributed by atoms with E-state index in [1.54, 1.807) is 0 Å². The number of nitrogens with zero attached hydrogens (tertiary/aromatic N) is 2. The molecule has 1 N–H and O–H groups in total. The van der Waals surface area contributed by atoms with Gasteiger partial charge in [0.05, 0.1) is 0 Å². The first-order chi connectivity index (χ1) is 8.97. The molecule has 1 aliphatic heterocycles. The molecule has 19 heavy (non-hydrogen) atoms. The average Bonchev–Trinajstić information content (AvgIpc) is 2.71. The zero-order valence-electron chi connectivity index (χ0n) is 12.4. The fourth-order valence-corrected chi connectivity index (χ4v) is 3.80. The molecule has 0 unspecified atom stereocenters. The summed E-state index contributed by atoms with van der Waals surface area (Å²) < 4.78 is 0. The second-order valence-corrected chi connectivity index (χ2v) is 7.02. The van der Waals surface area contributed by atoms with Crippen LogP contribution in [0.25, 0.3) is 0 Å². The first-order valence-corrected chi connectivity index (χ1v) is 7.89. The first-order valence-electron chi connectivity index (χ1n) is 7.08. The Morgan fingerprint density at radius 2 is 2.05 bits per heavy atom. The van der Waals surface area contributed by atoms with Crippen molar-refractivity contribution in [2.24, 2.45) is 0 Å². The maximum absolute atomic E-state index is 11.6. The summed E-state index contributed by atoms with van der Waals surface area (Å²) in [7, 11) is 4.37. The highest BCUT2D eigenvalue weighted by Gasteiger charge is 2.22. The number of likely N-dealkylation sites (tertiary alicyclic amines) is 1. The monoisotopic (exact) mass is 283 g/mol. The number of nitrogens with one attached hydrogen (secondary N) is 1. The smallest absolute Gasteiger partial charge is 0.304 e. The van der Waals surface area contributed by atoms with Crippen molar-refractivity contribution in [2.45, 2.75) is 45.2 Å². The minimum Gasteiger partial charge on any atom is -0.316 e. The van der Waals surface area contributed by atoms with E-state index < -0.39 is 0 Å². The Morgan fingerprint density at radius 1 is 1.42 bits per heavy atom. The number of H-pyrrole nitrogens is 1. The number of rotatable bonds is 4. The highest BCUT2D eigenvalue weighted by Crippen LogP contribution is 2.23. The van der Waals surface area contributed by atoms with Gasteiger partial charge in [-0.15, -0.1) is 0 Å². The summed E-state index contributed by atoms with van der Waals surface area (Å²) in [5.41, 5.74) is 1.12. The average molecular weight is 283 g/mol. The summed E-state index contributed by atoms with van der Waals surface area (Å²) in [6.07, 6.45) is 2.45. The van der Waals surface area contributed by atoms with Gasteiger partial charge in [0.15, 0.2) is 0 Å². The van der Waals surface area contributed by atoms with Gasteiger partial charge in [0.1, 0.15) is 0 Å². The molecule has 0 aliphatic carbocycles. The second kappa shape index (κ2) is 6.20. The van der Waals surface area contributed by atoms with Crippen molar-refractivity contribution < 1.29 is 0 Å². The predicted molar refractivity (Wildman–Crippen MR) is 81.0 cm³/mol. The molecular weight excluding hydrogens is 258 g/mol.